The number of anilines is 1. The molecular formula is C7H7ClF3N3O. The maximum atomic E-state index is 12.1. The summed E-state index contributed by atoms with van der Waals surface area (Å²) in [7, 11) is 1.18. The van der Waals surface area contributed by atoms with Crippen LogP contribution in [0.3, 0.4) is 0 Å². The third kappa shape index (κ3) is 3.12. The third-order valence-corrected chi connectivity index (χ3v) is 1.82. The van der Waals surface area contributed by atoms with Gasteiger partial charge in [0, 0.05) is 0 Å². The molecule has 1 aromatic rings. The van der Waals surface area contributed by atoms with Gasteiger partial charge in [-0.05, 0) is 0 Å². The zero-order valence-corrected chi connectivity index (χ0v) is 8.35. The molecule has 4 nitrogen and oxygen atoms in total. The largest absolute Gasteiger partial charge is 0.481 e. The summed E-state index contributed by atoms with van der Waals surface area (Å²) in [6.45, 7) is 0. The standard InChI is InChI=1S/C7H7ClF3N3O/c1-15-5-3(2-7(9,10)11)4(8)13-6(12)14-5/h2H2,1H3,(H2,12,13,14). The lowest BCUT2D eigenvalue weighted by Gasteiger charge is -2.11. The second kappa shape index (κ2) is 4.09. The smallest absolute Gasteiger partial charge is 0.393 e. The average Bonchev–Trinajstić information content (AvgIpc) is 2.07. The van der Waals surface area contributed by atoms with Gasteiger partial charge in [0.1, 0.15) is 5.15 Å². The minimum atomic E-state index is -4.41. The monoisotopic (exact) mass is 241 g/mol. The first kappa shape index (κ1) is 11.8. The molecule has 1 aromatic heterocycles. The van der Waals surface area contributed by atoms with Crippen LogP contribution in [0.4, 0.5) is 19.1 Å². The molecule has 0 amide bonds. The number of ether oxygens (including phenoxy) is 1. The molecule has 84 valence electrons. The van der Waals surface area contributed by atoms with Gasteiger partial charge in [-0.25, -0.2) is 4.98 Å². The lowest BCUT2D eigenvalue weighted by molar-refractivity contribution is -0.127. The molecule has 8 heteroatoms. The number of rotatable bonds is 2. The fraction of sp³-hybridized carbons (Fsp3) is 0.429. The molecule has 0 radical (unpaired) electrons. The van der Waals surface area contributed by atoms with E-state index in [-0.39, 0.29) is 22.5 Å². The summed E-state index contributed by atoms with van der Waals surface area (Å²) in [6, 6.07) is 0. The van der Waals surface area contributed by atoms with Crippen molar-refractivity contribution in [1.29, 1.82) is 0 Å². The topological polar surface area (TPSA) is 61.0 Å². The minimum absolute atomic E-state index is 0.234. The normalized spacial score (nSPS) is 11.5. The van der Waals surface area contributed by atoms with Gasteiger partial charge in [0.25, 0.3) is 0 Å². The summed E-state index contributed by atoms with van der Waals surface area (Å²) in [5.74, 6) is -0.493. The van der Waals surface area contributed by atoms with Gasteiger partial charge in [0.15, 0.2) is 0 Å². The molecule has 0 aliphatic carbocycles. The van der Waals surface area contributed by atoms with Crippen molar-refractivity contribution in [2.45, 2.75) is 12.6 Å². The van der Waals surface area contributed by atoms with Crippen LogP contribution in [0.5, 0.6) is 5.88 Å². The maximum Gasteiger partial charge on any atom is 0.393 e. The number of halogens is 4. The van der Waals surface area contributed by atoms with Gasteiger partial charge < -0.3 is 10.5 Å². The predicted octanol–water partition coefficient (Wildman–Crippen LogP) is 1.83. The SMILES string of the molecule is COc1nc(N)nc(Cl)c1CC(F)(F)F. The maximum absolute atomic E-state index is 12.1. The van der Waals surface area contributed by atoms with Crippen molar-refractivity contribution in [3.05, 3.63) is 10.7 Å². The van der Waals surface area contributed by atoms with Crippen molar-refractivity contribution in [3.63, 3.8) is 0 Å². The van der Waals surface area contributed by atoms with Gasteiger partial charge in [-0.15, -0.1) is 0 Å². The number of nitrogens with two attached hydrogens (primary N) is 1. The molecule has 0 saturated heterocycles. The van der Waals surface area contributed by atoms with Crippen molar-refractivity contribution in [3.8, 4) is 5.88 Å². The van der Waals surface area contributed by atoms with E-state index in [0.717, 1.165) is 0 Å². The van der Waals surface area contributed by atoms with Crippen LogP contribution in [0, 0.1) is 0 Å². The van der Waals surface area contributed by atoms with Gasteiger partial charge >= 0.3 is 6.18 Å². The van der Waals surface area contributed by atoms with E-state index in [1.807, 2.05) is 0 Å². The van der Waals surface area contributed by atoms with Gasteiger partial charge in [0.2, 0.25) is 11.8 Å². The van der Waals surface area contributed by atoms with Crippen molar-refractivity contribution < 1.29 is 17.9 Å². The Balaban J connectivity index is 3.15. The Morgan fingerprint density at radius 2 is 2.00 bits per heavy atom. The first-order valence-corrected chi connectivity index (χ1v) is 4.14. The Bertz CT molecular complexity index is 369. The number of aromatic nitrogens is 2. The quantitative estimate of drug-likeness (QED) is 0.803. The van der Waals surface area contributed by atoms with Gasteiger partial charge in [-0.2, -0.15) is 18.2 Å². The number of hydrogen-bond acceptors (Lipinski definition) is 4. The van der Waals surface area contributed by atoms with E-state index >= 15 is 0 Å². The Hall–Kier alpha value is -1.24. The molecule has 0 aliphatic heterocycles. The van der Waals surface area contributed by atoms with Gasteiger partial charge in [-0.1, -0.05) is 11.6 Å². The first-order chi connectivity index (χ1) is 6.83. The third-order valence-electron chi connectivity index (χ3n) is 1.51. The zero-order valence-electron chi connectivity index (χ0n) is 7.60. The summed E-state index contributed by atoms with van der Waals surface area (Å²) >= 11 is 5.51. The van der Waals surface area contributed by atoms with Crippen molar-refractivity contribution >= 4 is 17.5 Å². The zero-order chi connectivity index (χ0) is 11.6. The van der Waals surface area contributed by atoms with Crippen LogP contribution >= 0.6 is 11.6 Å². The lowest BCUT2D eigenvalue weighted by atomic mass is 10.2. The van der Waals surface area contributed by atoms with Gasteiger partial charge in [0.05, 0.1) is 19.1 Å². The Morgan fingerprint density at radius 3 is 2.47 bits per heavy atom. The summed E-state index contributed by atoms with van der Waals surface area (Å²) in [5, 5.41) is -0.350. The number of methoxy groups -OCH3 is 1. The number of nitrogens with zero attached hydrogens (tertiary/aromatic N) is 2. The van der Waals surface area contributed by atoms with E-state index in [9.17, 15) is 13.2 Å². The molecule has 0 aliphatic rings. The fourth-order valence-electron chi connectivity index (χ4n) is 0.971. The van der Waals surface area contributed by atoms with Crippen LogP contribution in [0.2, 0.25) is 5.15 Å². The number of alkyl halides is 3. The molecule has 0 atom stereocenters. The van der Waals surface area contributed by atoms with E-state index in [4.69, 9.17) is 17.3 Å². The van der Waals surface area contributed by atoms with Crippen LogP contribution < -0.4 is 10.5 Å². The first-order valence-electron chi connectivity index (χ1n) is 3.76. The number of hydrogen-bond donors (Lipinski definition) is 1. The Labute approximate surface area is 88.2 Å². The molecule has 2 N–H and O–H groups in total. The predicted molar refractivity (Wildman–Crippen MR) is 47.8 cm³/mol. The van der Waals surface area contributed by atoms with Crippen LogP contribution in [-0.4, -0.2) is 23.3 Å². The molecule has 0 aromatic carbocycles. The van der Waals surface area contributed by atoms with Crippen LogP contribution in [0.25, 0.3) is 0 Å². The molecule has 0 spiro atoms. The van der Waals surface area contributed by atoms with Crippen LogP contribution in [0.15, 0.2) is 0 Å². The summed E-state index contributed by atoms with van der Waals surface area (Å²) in [5.41, 5.74) is 4.88. The van der Waals surface area contributed by atoms with E-state index in [2.05, 4.69) is 14.7 Å². The van der Waals surface area contributed by atoms with E-state index in [1.54, 1.807) is 0 Å². The second-order valence-electron chi connectivity index (χ2n) is 2.65. The highest BCUT2D eigenvalue weighted by Gasteiger charge is 2.31. The molecule has 0 saturated carbocycles. The van der Waals surface area contributed by atoms with Crippen LogP contribution in [-0.2, 0) is 6.42 Å². The molecular weight excluding hydrogens is 235 g/mol. The van der Waals surface area contributed by atoms with E-state index < -0.39 is 12.6 Å². The highest BCUT2D eigenvalue weighted by Crippen LogP contribution is 2.30. The van der Waals surface area contributed by atoms with Crippen molar-refractivity contribution in [2.24, 2.45) is 0 Å². The van der Waals surface area contributed by atoms with Crippen molar-refractivity contribution in [1.82, 2.24) is 9.97 Å². The highest BCUT2D eigenvalue weighted by molar-refractivity contribution is 6.30. The summed E-state index contributed by atoms with van der Waals surface area (Å²) in [4.78, 5) is 6.92. The molecule has 0 bridgehead atoms. The summed E-state index contributed by atoms with van der Waals surface area (Å²) < 4.78 is 41.0. The minimum Gasteiger partial charge on any atom is -0.481 e. The molecule has 15 heavy (non-hydrogen) atoms. The van der Waals surface area contributed by atoms with Gasteiger partial charge in [-0.3, -0.25) is 0 Å². The Morgan fingerprint density at radius 1 is 1.40 bits per heavy atom. The Kier molecular flexibility index (Phi) is 3.23. The summed E-state index contributed by atoms with van der Waals surface area (Å²) in [6.07, 6.45) is -5.66. The lowest BCUT2D eigenvalue weighted by Crippen LogP contribution is -2.14. The highest BCUT2D eigenvalue weighted by atomic mass is 35.5. The van der Waals surface area contributed by atoms with Crippen LogP contribution in [0.1, 0.15) is 5.56 Å². The molecule has 1 rings (SSSR count). The molecule has 0 unspecified atom stereocenters. The van der Waals surface area contributed by atoms with E-state index in [0.29, 0.717) is 0 Å². The number of nitrogen functional groups attached to an aromatic ring is 1. The molecule has 1 heterocycles. The second-order valence-corrected chi connectivity index (χ2v) is 3.01. The fourth-order valence-corrected chi connectivity index (χ4v) is 1.20. The van der Waals surface area contributed by atoms with Crippen molar-refractivity contribution in [2.75, 3.05) is 12.8 Å². The van der Waals surface area contributed by atoms with E-state index in [1.165, 1.54) is 7.11 Å². The molecule has 0 fully saturated rings. The average molecular weight is 242 g/mol.